The predicted octanol–water partition coefficient (Wildman–Crippen LogP) is 2.15. The molecule has 1 aliphatic rings. The van der Waals surface area contributed by atoms with Gasteiger partial charge in [-0.15, -0.1) is 0 Å². The third-order valence-corrected chi connectivity index (χ3v) is 3.70. The van der Waals surface area contributed by atoms with Crippen LogP contribution in [0.25, 0.3) is 0 Å². The molecule has 0 radical (unpaired) electrons. The first-order valence-electron chi connectivity index (χ1n) is 6.98. The molecule has 1 amide bonds. The largest absolute Gasteiger partial charge is 0.483 e. The molecule has 0 saturated heterocycles. The summed E-state index contributed by atoms with van der Waals surface area (Å²) in [5.74, 6) is 0.466. The van der Waals surface area contributed by atoms with E-state index in [1.165, 1.54) is 19.3 Å². The van der Waals surface area contributed by atoms with E-state index < -0.39 is 0 Å². The topological polar surface area (TPSA) is 64.3 Å². The van der Waals surface area contributed by atoms with Gasteiger partial charge in [-0.3, -0.25) is 4.79 Å². The van der Waals surface area contributed by atoms with Crippen LogP contribution in [0.5, 0.6) is 5.75 Å². The number of ether oxygens (including phenoxy) is 1. The summed E-state index contributed by atoms with van der Waals surface area (Å²) in [6.45, 7) is -0.00384. The molecular weight excluding hydrogens is 272 g/mol. The average Bonchev–Trinajstić information content (AvgIpc) is 2.46. The number of hydrogen-bond donors (Lipinski definition) is 2. The Morgan fingerprint density at radius 1 is 1.30 bits per heavy atom. The van der Waals surface area contributed by atoms with E-state index in [1.54, 1.807) is 12.1 Å². The minimum Gasteiger partial charge on any atom is -0.483 e. The molecule has 20 heavy (non-hydrogen) atoms. The van der Waals surface area contributed by atoms with Gasteiger partial charge in [0.25, 0.3) is 5.91 Å². The number of thiocarbonyl (C=S) groups is 1. The van der Waals surface area contributed by atoms with Crippen LogP contribution in [0.15, 0.2) is 24.3 Å². The Morgan fingerprint density at radius 3 is 2.70 bits per heavy atom. The van der Waals surface area contributed by atoms with E-state index in [0.717, 1.165) is 12.8 Å². The number of carbonyl (C=O) groups is 1. The molecule has 1 aromatic carbocycles. The first kappa shape index (κ1) is 14.8. The molecule has 1 aromatic rings. The van der Waals surface area contributed by atoms with Crippen LogP contribution in [0.2, 0.25) is 0 Å². The maximum absolute atomic E-state index is 11.9. The van der Waals surface area contributed by atoms with Crippen molar-refractivity contribution in [2.75, 3.05) is 6.61 Å². The average molecular weight is 292 g/mol. The van der Waals surface area contributed by atoms with E-state index in [2.05, 4.69) is 5.32 Å². The number of nitrogens with one attached hydrogen (secondary N) is 1. The van der Waals surface area contributed by atoms with E-state index in [4.69, 9.17) is 22.7 Å². The summed E-state index contributed by atoms with van der Waals surface area (Å²) in [5, 5.41) is 3.01. The molecule has 0 aromatic heterocycles. The molecule has 1 saturated carbocycles. The van der Waals surface area contributed by atoms with Crippen molar-refractivity contribution in [3.63, 3.8) is 0 Å². The summed E-state index contributed by atoms with van der Waals surface area (Å²) < 4.78 is 5.52. The SMILES string of the molecule is NC(=S)c1ccccc1OCC(=O)NC1CCCCC1. The van der Waals surface area contributed by atoms with E-state index in [1.807, 2.05) is 12.1 Å². The second-order valence-corrected chi connectivity index (χ2v) is 5.49. The van der Waals surface area contributed by atoms with Crippen LogP contribution >= 0.6 is 12.2 Å². The summed E-state index contributed by atoms with van der Waals surface area (Å²) in [6.07, 6.45) is 5.78. The van der Waals surface area contributed by atoms with Gasteiger partial charge >= 0.3 is 0 Å². The van der Waals surface area contributed by atoms with E-state index in [-0.39, 0.29) is 17.5 Å². The second kappa shape index (κ2) is 7.24. The summed E-state index contributed by atoms with van der Waals surface area (Å²) in [5.41, 5.74) is 6.28. The maximum atomic E-state index is 11.9. The molecule has 3 N–H and O–H groups in total. The molecule has 1 fully saturated rings. The molecule has 0 spiro atoms. The van der Waals surface area contributed by atoms with Gasteiger partial charge in [0.2, 0.25) is 0 Å². The Bertz CT molecular complexity index is 485. The lowest BCUT2D eigenvalue weighted by atomic mass is 9.95. The van der Waals surface area contributed by atoms with Gasteiger partial charge in [0.15, 0.2) is 6.61 Å². The van der Waals surface area contributed by atoms with Gasteiger partial charge < -0.3 is 15.8 Å². The fourth-order valence-electron chi connectivity index (χ4n) is 2.46. The number of carbonyl (C=O) groups excluding carboxylic acids is 1. The lowest BCUT2D eigenvalue weighted by molar-refractivity contribution is -0.124. The molecule has 108 valence electrons. The maximum Gasteiger partial charge on any atom is 0.258 e. The highest BCUT2D eigenvalue weighted by Crippen LogP contribution is 2.19. The molecular formula is C15H20N2O2S. The molecule has 5 heteroatoms. The number of nitrogens with two attached hydrogens (primary N) is 1. The van der Waals surface area contributed by atoms with Crippen molar-refractivity contribution in [3.05, 3.63) is 29.8 Å². The van der Waals surface area contributed by atoms with Crippen LogP contribution in [0, 0.1) is 0 Å². The number of hydrogen-bond acceptors (Lipinski definition) is 3. The van der Waals surface area contributed by atoms with Gasteiger partial charge in [0, 0.05) is 6.04 Å². The normalized spacial score (nSPS) is 15.6. The lowest BCUT2D eigenvalue weighted by Gasteiger charge is -2.22. The highest BCUT2D eigenvalue weighted by atomic mass is 32.1. The first-order valence-corrected chi connectivity index (χ1v) is 7.38. The molecule has 0 bridgehead atoms. The van der Waals surface area contributed by atoms with Crippen LogP contribution in [-0.2, 0) is 4.79 Å². The van der Waals surface area contributed by atoms with Crippen molar-refractivity contribution in [2.45, 2.75) is 38.1 Å². The van der Waals surface area contributed by atoms with Crippen LogP contribution in [0.3, 0.4) is 0 Å². The van der Waals surface area contributed by atoms with Crippen molar-refractivity contribution in [1.82, 2.24) is 5.32 Å². The minimum atomic E-state index is -0.0883. The molecule has 0 unspecified atom stereocenters. The van der Waals surface area contributed by atoms with Crippen molar-refractivity contribution in [1.29, 1.82) is 0 Å². The Labute approximate surface area is 124 Å². The summed E-state index contributed by atoms with van der Waals surface area (Å²) in [6, 6.07) is 7.52. The molecule has 1 aliphatic carbocycles. The fraction of sp³-hybridized carbons (Fsp3) is 0.467. The van der Waals surface area contributed by atoms with E-state index >= 15 is 0 Å². The number of amides is 1. The Morgan fingerprint density at radius 2 is 2.00 bits per heavy atom. The highest BCUT2D eigenvalue weighted by molar-refractivity contribution is 7.80. The summed E-state index contributed by atoms with van der Waals surface area (Å²) >= 11 is 4.96. The quantitative estimate of drug-likeness (QED) is 0.816. The molecule has 0 heterocycles. The van der Waals surface area contributed by atoms with Crippen molar-refractivity contribution in [2.24, 2.45) is 5.73 Å². The standard InChI is InChI=1S/C15H20N2O2S/c16-15(20)12-8-4-5-9-13(12)19-10-14(18)17-11-6-2-1-3-7-11/h4-5,8-9,11H,1-3,6-7,10H2,(H2,16,20)(H,17,18). The number of para-hydroxylation sites is 1. The van der Waals surface area contributed by atoms with Crippen LogP contribution < -0.4 is 15.8 Å². The Hall–Kier alpha value is -1.62. The smallest absolute Gasteiger partial charge is 0.258 e. The Balaban J connectivity index is 1.85. The second-order valence-electron chi connectivity index (χ2n) is 5.05. The monoisotopic (exact) mass is 292 g/mol. The first-order chi connectivity index (χ1) is 9.66. The summed E-state index contributed by atoms with van der Waals surface area (Å²) in [7, 11) is 0. The number of benzene rings is 1. The van der Waals surface area contributed by atoms with Gasteiger partial charge in [-0.2, -0.15) is 0 Å². The lowest BCUT2D eigenvalue weighted by Crippen LogP contribution is -2.39. The fourth-order valence-corrected chi connectivity index (χ4v) is 2.62. The number of rotatable bonds is 5. The van der Waals surface area contributed by atoms with Crippen molar-refractivity contribution < 1.29 is 9.53 Å². The highest BCUT2D eigenvalue weighted by Gasteiger charge is 2.16. The van der Waals surface area contributed by atoms with Gasteiger partial charge in [-0.1, -0.05) is 43.6 Å². The van der Waals surface area contributed by atoms with Crippen molar-refractivity contribution >= 4 is 23.1 Å². The third-order valence-electron chi connectivity index (χ3n) is 3.48. The third kappa shape index (κ3) is 4.20. The van der Waals surface area contributed by atoms with E-state index in [9.17, 15) is 4.79 Å². The molecule has 0 atom stereocenters. The molecule has 2 rings (SSSR count). The van der Waals surface area contributed by atoms with Crippen LogP contribution in [0.1, 0.15) is 37.7 Å². The van der Waals surface area contributed by atoms with Gasteiger partial charge in [-0.25, -0.2) is 0 Å². The van der Waals surface area contributed by atoms with Crippen LogP contribution in [0.4, 0.5) is 0 Å². The molecule has 0 aliphatic heterocycles. The zero-order chi connectivity index (χ0) is 14.4. The zero-order valence-corrected chi connectivity index (χ0v) is 12.2. The Kier molecular flexibility index (Phi) is 5.35. The minimum absolute atomic E-state index is 0.00384. The predicted molar refractivity (Wildman–Crippen MR) is 82.8 cm³/mol. The van der Waals surface area contributed by atoms with Gasteiger partial charge in [0.05, 0.1) is 5.56 Å². The zero-order valence-electron chi connectivity index (χ0n) is 11.4. The molecule has 4 nitrogen and oxygen atoms in total. The van der Waals surface area contributed by atoms with Crippen molar-refractivity contribution in [3.8, 4) is 5.75 Å². The van der Waals surface area contributed by atoms with E-state index in [0.29, 0.717) is 17.4 Å². The van der Waals surface area contributed by atoms with Gasteiger partial charge in [0.1, 0.15) is 10.7 Å². The van der Waals surface area contributed by atoms with Gasteiger partial charge in [-0.05, 0) is 25.0 Å². The van der Waals surface area contributed by atoms with Crippen LogP contribution in [-0.4, -0.2) is 23.5 Å². The summed E-state index contributed by atoms with van der Waals surface area (Å²) in [4.78, 5) is 12.1.